The van der Waals surface area contributed by atoms with Gasteiger partial charge in [0.1, 0.15) is 4.83 Å². The molecule has 7 heteroatoms. The number of aromatic nitrogens is 1. The monoisotopic (exact) mass is 331 g/mol. The standard InChI is InChI=1S/C16H17N3O3S/c20-14(13-6-9-2-1-4-18-15(9)23-13)17-5-3-10-11-7-19(16(21)22)8-12(10)11/h1-2,4,6,10-12H,3,5,7-8H2,(H,17,20)(H,21,22). The molecule has 6 nitrogen and oxygen atoms in total. The van der Waals surface area contributed by atoms with E-state index in [4.69, 9.17) is 5.11 Å². The summed E-state index contributed by atoms with van der Waals surface area (Å²) >= 11 is 1.41. The zero-order chi connectivity index (χ0) is 16.0. The minimum absolute atomic E-state index is 0.0500. The molecule has 2 fully saturated rings. The van der Waals surface area contributed by atoms with Gasteiger partial charge in [0.15, 0.2) is 0 Å². The maximum Gasteiger partial charge on any atom is 0.407 e. The Bertz CT molecular complexity index is 730. The van der Waals surface area contributed by atoms with Crippen LogP contribution in [-0.4, -0.2) is 46.6 Å². The van der Waals surface area contributed by atoms with Crippen molar-refractivity contribution in [1.82, 2.24) is 15.2 Å². The molecule has 1 aliphatic heterocycles. The molecule has 2 N–H and O–H groups in total. The van der Waals surface area contributed by atoms with Crippen LogP contribution in [0, 0.1) is 17.8 Å². The van der Waals surface area contributed by atoms with E-state index in [0.717, 1.165) is 16.6 Å². The minimum atomic E-state index is -0.817. The molecule has 2 aromatic rings. The summed E-state index contributed by atoms with van der Waals surface area (Å²) in [4.78, 5) is 30.4. The Balaban J connectivity index is 1.26. The van der Waals surface area contributed by atoms with E-state index >= 15 is 0 Å². The number of likely N-dealkylation sites (tertiary alicyclic amines) is 1. The number of fused-ring (bicyclic) bond motifs is 2. The van der Waals surface area contributed by atoms with Crippen molar-refractivity contribution < 1.29 is 14.7 Å². The summed E-state index contributed by atoms with van der Waals surface area (Å²) in [7, 11) is 0. The highest BCUT2D eigenvalue weighted by atomic mass is 32.1. The van der Waals surface area contributed by atoms with Gasteiger partial charge in [-0.15, -0.1) is 11.3 Å². The summed E-state index contributed by atoms with van der Waals surface area (Å²) in [6, 6.07) is 5.69. The second-order valence-electron chi connectivity index (χ2n) is 6.23. The molecule has 1 saturated heterocycles. The quantitative estimate of drug-likeness (QED) is 0.900. The third-order valence-electron chi connectivity index (χ3n) is 4.92. The van der Waals surface area contributed by atoms with Gasteiger partial charge in [-0.2, -0.15) is 0 Å². The van der Waals surface area contributed by atoms with Gasteiger partial charge < -0.3 is 15.3 Å². The Hall–Kier alpha value is -2.15. The Kier molecular flexibility index (Phi) is 3.45. The molecule has 3 heterocycles. The van der Waals surface area contributed by atoms with Gasteiger partial charge in [-0.05, 0) is 36.3 Å². The number of nitrogens with one attached hydrogen (secondary N) is 1. The number of hydrogen-bond donors (Lipinski definition) is 2. The van der Waals surface area contributed by atoms with E-state index in [2.05, 4.69) is 10.3 Å². The van der Waals surface area contributed by atoms with Crippen molar-refractivity contribution in [3.8, 4) is 0 Å². The summed E-state index contributed by atoms with van der Waals surface area (Å²) < 4.78 is 0. The molecular formula is C16H17N3O3S. The zero-order valence-electron chi connectivity index (χ0n) is 12.4. The van der Waals surface area contributed by atoms with Crippen LogP contribution < -0.4 is 5.32 Å². The van der Waals surface area contributed by atoms with Crippen LogP contribution in [0.25, 0.3) is 10.2 Å². The molecule has 2 atom stereocenters. The first-order valence-corrected chi connectivity index (χ1v) is 8.56. The van der Waals surface area contributed by atoms with Crippen molar-refractivity contribution in [1.29, 1.82) is 0 Å². The molecule has 2 unspecified atom stereocenters. The number of carbonyl (C=O) groups is 2. The number of pyridine rings is 1. The highest BCUT2D eigenvalue weighted by Gasteiger charge is 2.55. The van der Waals surface area contributed by atoms with Crippen LogP contribution in [0.3, 0.4) is 0 Å². The lowest BCUT2D eigenvalue weighted by Gasteiger charge is -2.15. The maximum absolute atomic E-state index is 12.2. The molecule has 2 amide bonds. The molecule has 1 saturated carbocycles. The van der Waals surface area contributed by atoms with Gasteiger partial charge in [0.2, 0.25) is 0 Å². The predicted molar refractivity (Wildman–Crippen MR) is 86.6 cm³/mol. The van der Waals surface area contributed by atoms with Gasteiger partial charge in [0.25, 0.3) is 5.91 Å². The topological polar surface area (TPSA) is 82.5 Å². The second kappa shape index (κ2) is 5.49. The lowest BCUT2D eigenvalue weighted by molar-refractivity contribution is 0.0956. The van der Waals surface area contributed by atoms with Crippen molar-refractivity contribution in [3.63, 3.8) is 0 Å². The fourth-order valence-corrected chi connectivity index (χ4v) is 4.58. The number of rotatable bonds is 4. The molecule has 0 bridgehead atoms. The second-order valence-corrected chi connectivity index (χ2v) is 7.26. The first kappa shape index (κ1) is 14.4. The number of piperidine rings is 1. The van der Waals surface area contributed by atoms with Crippen LogP contribution in [0.5, 0.6) is 0 Å². The van der Waals surface area contributed by atoms with Crippen LogP contribution >= 0.6 is 11.3 Å². The Labute approximate surface area is 137 Å². The van der Waals surface area contributed by atoms with Crippen LogP contribution in [-0.2, 0) is 0 Å². The highest BCUT2D eigenvalue weighted by molar-refractivity contribution is 7.20. The molecule has 0 radical (unpaired) electrons. The van der Waals surface area contributed by atoms with Gasteiger partial charge >= 0.3 is 6.09 Å². The normalized spacial score (nSPS) is 25.4. The van der Waals surface area contributed by atoms with Crippen molar-refractivity contribution in [2.45, 2.75) is 6.42 Å². The van der Waals surface area contributed by atoms with Gasteiger partial charge in [-0.3, -0.25) is 4.79 Å². The van der Waals surface area contributed by atoms with E-state index in [0.29, 0.717) is 42.3 Å². The largest absolute Gasteiger partial charge is 0.465 e. The molecule has 4 rings (SSSR count). The van der Waals surface area contributed by atoms with Crippen molar-refractivity contribution >= 4 is 33.6 Å². The Morgan fingerprint density at radius 1 is 1.39 bits per heavy atom. The predicted octanol–water partition coefficient (Wildman–Crippen LogP) is 2.27. The van der Waals surface area contributed by atoms with Gasteiger partial charge in [0, 0.05) is 31.2 Å². The zero-order valence-corrected chi connectivity index (χ0v) is 13.3. The third kappa shape index (κ3) is 2.65. The minimum Gasteiger partial charge on any atom is -0.465 e. The van der Waals surface area contributed by atoms with Crippen molar-refractivity contribution in [3.05, 3.63) is 29.3 Å². The molecule has 0 spiro atoms. The maximum atomic E-state index is 12.2. The van der Waals surface area contributed by atoms with Crippen molar-refractivity contribution in [2.24, 2.45) is 17.8 Å². The average molecular weight is 331 g/mol. The van der Waals surface area contributed by atoms with Crippen LogP contribution in [0.4, 0.5) is 4.79 Å². The Morgan fingerprint density at radius 2 is 2.17 bits per heavy atom. The lowest BCUT2D eigenvalue weighted by Crippen LogP contribution is -2.30. The van der Waals surface area contributed by atoms with E-state index in [-0.39, 0.29) is 5.91 Å². The molecule has 2 aromatic heterocycles. The smallest absolute Gasteiger partial charge is 0.407 e. The van der Waals surface area contributed by atoms with Crippen molar-refractivity contribution in [2.75, 3.05) is 19.6 Å². The van der Waals surface area contributed by atoms with Gasteiger partial charge in [-0.25, -0.2) is 9.78 Å². The molecule has 120 valence electrons. The molecule has 0 aromatic carbocycles. The summed E-state index contributed by atoms with van der Waals surface area (Å²) in [5, 5.41) is 12.9. The lowest BCUT2D eigenvalue weighted by atomic mass is 10.2. The van der Waals surface area contributed by atoms with Crippen LogP contribution in [0.15, 0.2) is 24.4 Å². The SMILES string of the molecule is O=C(NCCC1C2CN(C(=O)O)CC12)c1cc2cccnc2s1. The number of nitrogens with zero attached hydrogens (tertiary/aromatic N) is 2. The van der Waals surface area contributed by atoms with Crippen LogP contribution in [0.2, 0.25) is 0 Å². The summed E-state index contributed by atoms with van der Waals surface area (Å²) in [5.74, 6) is 1.51. The number of amides is 2. The summed E-state index contributed by atoms with van der Waals surface area (Å²) in [6.45, 7) is 1.95. The average Bonchev–Trinajstić information content (AvgIpc) is 2.96. The Morgan fingerprint density at radius 3 is 2.87 bits per heavy atom. The van der Waals surface area contributed by atoms with E-state index < -0.39 is 6.09 Å². The van der Waals surface area contributed by atoms with E-state index in [1.807, 2.05) is 18.2 Å². The summed E-state index contributed by atoms with van der Waals surface area (Å²) in [6.07, 6.45) is 1.84. The third-order valence-corrected chi connectivity index (χ3v) is 5.98. The number of carbonyl (C=O) groups excluding carboxylic acids is 1. The molecular weight excluding hydrogens is 314 g/mol. The van der Waals surface area contributed by atoms with E-state index in [1.165, 1.54) is 16.2 Å². The molecule has 23 heavy (non-hydrogen) atoms. The number of carboxylic acid groups (broad SMARTS) is 1. The number of hydrogen-bond acceptors (Lipinski definition) is 4. The first-order valence-electron chi connectivity index (χ1n) is 7.74. The fraction of sp³-hybridized carbons (Fsp3) is 0.438. The van der Waals surface area contributed by atoms with Gasteiger partial charge in [-0.1, -0.05) is 6.07 Å². The van der Waals surface area contributed by atoms with Crippen LogP contribution in [0.1, 0.15) is 16.1 Å². The van der Waals surface area contributed by atoms with E-state index in [1.54, 1.807) is 6.20 Å². The molecule has 1 aliphatic carbocycles. The van der Waals surface area contributed by atoms with Gasteiger partial charge in [0.05, 0.1) is 4.88 Å². The van der Waals surface area contributed by atoms with E-state index in [9.17, 15) is 9.59 Å². The summed E-state index contributed by atoms with van der Waals surface area (Å²) in [5.41, 5.74) is 0. The highest BCUT2D eigenvalue weighted by Crippen LogP contribution is 2.53. The molecule has 2 aliphatic rings. The fourth-order valence-electron chi connectivity index (χ4n) is 3.66. The first-order chi connectivity index (χ1) is 11.1. The number of thiophene rings is 1.